The van der Waals surface area contributed by atoms with Gasteiger partial charge in [-0.1, -0.05) is 43.4 Å². The molecule has 9 heteroatoms. The molecule has 0 aliphatic carbocycles. The van der Waals surface area contributed by atoms with Crippen molar-refractivity contribution in [1.82, 2.24) is 0 Å². The van der Waals surface area contributed by atoms with Crippen molar-refractivity contribution in [2.45, 2.75) is 43.7 Å². The number of hydrogen-bond donors (Lipinski definition) is 1. The van der Waals surface area contributed by atoms with E-state index in [-0.39, 0.29) is 30.1 Å². The van der Waals surface area contributed by atoms with E-state index in [0.717, 1.165) is 17.0 Å². The summed E-state index contributed by atoms with van der Waals surface area (Å²) in [7, 11) is -0.595. The zero-order chi connectivity index (χ0) is 27.2. The molecular weight excluding hydrogens is 500 g/mol. The van der Waals surface area contributed by atoms with Crippen LogP contribution >= 0.6 is 0 Å². The van der Waals surface area contributed by atoms with Gasteiger partial charge in [0.05, 0.1) is 33.5 Å². The molecule has 3 heterocycles. The summed E-state index contributed by atoms with van der Waals surface area (Å²) in [6, 6.07) is 13.8. The molecule has 202 valence electrons. The highest BCUT2D eigenvalue weighted by Crippen LogP contribution is 2.60. The van der Waals surface area contributed by atoms with Gasteiger partial charge in [0, 0.05) is 30.3 Å². The van der Waals surface area contributed by atoms with Crippen molar-refractivity contribution in [3.63, 3.8) is 0 Å². The Hall–Kier alpha value is -3.14. The summed E-state index contributed by atoms with van der Waals surface area (Å²) < 4.78 is 17.4. The van der Waals surface area contributed by atoms with E-state index in [2.05, 4.69) is 38.7 Å². The minimum Gasteiger partial charge on any atom is -0.497 e. The molecule has 3 aliphatic rings. The van der Waals surface area contributed by atoms with Gasteiger partial charge in [0.25, 0.3) is 5.91 Å². The monoisotopic (exact) mass is 536 g/mol. The fraction of sp³-hybridized carbons (Fsp3) is 0.448. The maximum absolute atomic E-state index is 14.3. The Morgan fingerprint density at radius 1 is 1.21 bits per heavy atom. The second-order valence-electron chi connectivity index (χ2n) is 10.8. The summed E-state index contributed by atoms with van der Waals surface area (Å²) in [5, 5.41) is 11.3. The molecular formula is C29H36N2O6Si. The van der Waals surface area contributed by atoms with Crippen molar-refractivity contribution in [2.24, 2.45) is 5.92 Å². The van der Waals surface area contributed by atoms with Crippen LogP contribution < -0.4 is 19.7 Å². The van der Waals surface area contributed by atoms with Crippen LogP contribution in [0.3, 0.4) is 0 Å². The minimum atomic E-state index is -2.25. The van der Waals surface area contributed by atoms with E-state index >= 15 is 0 Å². The van der Waals surface area contributed by atoms with Crippen LogP contribution in [0, 0.1) is 5.92 Å². The Bertz CT molecular complexity index is 1250. The van der Waals surface area contributed by atoms with Gasteiger partial charge in [0.1, 0.15) is 12.4 Å². The van der Waals surface area contributed by atoms with E-state index in [1.807, 2.05) is 30.3 Å². The van der Waals surface area contributed by atoms with Gasteiger partial charge in [-0.3, -0.25) is 9.69 Å². The molecule has 5 rings (SSSR count). The van der Waals surface area contributed by atoms with Gasteiger partial charge in [0.15, 0.2) is 5.60 Å². The molecule has 1 spiro atoms. The molecule has 3 aliphatic heterocycles. The maximum atomic E-state index is 14.3. The number of benzene rings is 2. The van der Waals surface area contributed by atoms with E-state index in [1.54, 1.807) is 23.0 Å². The highest BCUT2D eigenvalue weighted by molar-refractivity contribution is 6.91. The molecule has 0 bridgehead atoms. The third-order valence-corrected chi connectivity index (χ3v) is 13.0. The lowest BCUT2D eigenvalue weighted by molar-refractivity contribution is -0.146. The average molecular weight is 537 g/mol. The van der Waals surface area contributed by atoms with E-state index in [4.69, 9.17) is 14.2 Å². The number of carbonyl (C=O) groups excluding carboxylic acids is 2. The van der Waals surface area contributed by atoms with Gasteiger partial charge in [0.2, 0.25) is 0 Å². The van der Waals surface area contributed by atoms with Crippen LogP contribution in [0.5, 0.6) is 5.75 Å². The van der Waals surface area contributed by atoms with E-state index in [0.29, 0.717) is 31.8 Å². The summed E-state index contributed by atoms with van der Waals surface area (Å²) in [4.78, 5) is 30.0. The molecule has 0 unspecified atom stereocenters. The van der Waals surface area contributed by atoms with Crippen molar-refractivity contribution < 1.29 is 28.9 Å². The molecule has 2 amide bonds. The molecule has 2 saturated heterocycles. The van der Waals surface area contributed by atoms with Crippen LogP contribution in [0.15, 0.2) is 55.1 Å². The number of fused-ring (bicyclic) bond motifs is 2. The van der Waals surface area contributed by atoms with Crippen LogP contribution in [-0.2, 0) is 19.9 Å². The molecule has 4 atom stereocenters. The molecule has 2 aromatic rings. The number of ether oxygens (including phenoxy) is 3. The highest BCUT2D eigenvalue weighted by Gasteiger charge is 2.66. The van der Waals surface area contributed by atoms with E-state index in [1.165, 1.54) is 5.19 Å². The number of amides is 2. The number of rotatable bonds is 8. The largest absolute Gasteiger partial charge is 0.497 e. The van der Waals surface area contributed by atoms with Crippen LogP contribution in [0.1, 0.15) is 18.9 Å². The second-order valence-corrected chi connectivity index (χ2v) is 15.5. The smallest absolute Gasteiger partial charge is 0.414 e. The SMILES string of the molecule is C=CCN1C(=O)[C@@]2(O[C@@H](CCO)[C@H]([Si](C)(C)c3ccc(OC)cc3)[C@H]2C)c2cc(N3CCOC3=O)ccc21. The summed E-state index contributed by atoms with van der Waals surface area (Å²) in [5.41, 5.74) is 1.04. The Labute approximate surface area is 224 Å². The molecule has 0 saturated carbocycles. The second kappa shape index (κ2) is 9.87. The number of aliphatic hydroxyl groups is 1. The summed E-state index contributed by atoms with van der Waals surface area (Å²) in [5.74, 6) is 0.501. The number of aliphatic hydroxyl groups excluding tert-OH is 1. The lowest BCUT2D eigenvalue weighted by atomic mass is 9.82. The van der Waals surface area contributed by atoms with Crippen molar-refractivity contribution in [2.75, 3.05) is 43.2 Å². The number of hydrogen-bond acceptors (Lipinski definition) is 6. The van der Waals surface area contributed by atoms with Crippen LogP contribution in [0.4, 0.5) is 16.2 Å². The first-order chi connectivity index (χ1) is 18.2. The number of cyclic esters (lactones) is 1. The van der Waals surface area contributed by atoms with E-state index < -0.39 is 19.8 Å². The summed E-state index contributed by atoms with van der Waals surface area (Å²) in [6.07, 6.45) is 1.45. The zero-order valence-electron chi connectivity index (χ0n) is 22.5. The van der Waals surface area contributed by atoms with Crippen LogP contribution in [0.2, 0.25) is 18.6 Å². The molecule has 2 fully saturated rings. The standard InChI is InChI=1S/C29H36N2O6Si/c1-6-14-31-24-12-7-20(30-15-17-36-28(30)34)18-23(24)29(27(31)33)19(2)26(25(37-29)13-16-32)38(4,5)22-10-8-21(35-3)9-11-22/h6-12,18-19,25-26,32H,1,13-17H2,2-5H3/t19-,25+,26-,29+/m1/s1. The average Bonchev–Trinajstić information content (AvgIpc) is 3.54. The van der Waals surface area contributed by atoms with Gasteiger partial charge in [-0.15, -0.1) is 6.58 Å². The van der Waals surface area contributed by atoms with Gasteiger partial charge < -0.3 is 24.2 Å². The first kappa shape index (κ1) is 26.5. The van der Waals surface area contributed by atoms with Gasteiger partial charge in [-0.05, 0) is 42.3 Å². The Morgan fingerprint density at radius 3 is 2.55 bits per heavy atom. The first-order valence-electron chi connectivity index (χ1n) is 13.2. The fourth-order valence-corrected chi connectivity index (χ4v) is 10.9. The highest BCUT2D eigenvalue weighted by atomic mass is 28.3. The first-order valence-corrected chi connectivity index (χ1v) is 16.2. The molecule has 38 heavy (non-hydrogen) atoms. The molecule has 2 aromatic carbocycles. The topological polar surface area (TPSA) is 88.5 Å². The Morgan fingerprint density at radius 2 is 1.95 bits per heavy atom. The molecule has 8 nitrogen and oxygen atoms in total. The number of nitrogens with zero attached hydrogens (tertiary/aromatic N) is 2. The minimum absolute atomic E-state index is 0.0336. The van der Waals surface area contributed by atoms with Gasteiger partial charge in [-0.2, -0.15) is 0 Å². The van der Waals surface area contributed by atoms with Crippen molar-refractivity contribution in [3.05, 3.63) is 60.7 Å². The van der Waals surface area contributed by atoms with Crippen molar-refractivity contribution in [3.8, 4) is 5.75 Å². The fourth-order valence-electron chi connectivity index (χ4n) is 6.80. The van der Waals surface area contributed by atoms with Crippen LogP contribution in [-0.4, -0.2) is 64.7 Å². The lowest BCUT2D eigenvalue weighted by Crippen LogP contribution is -2.51. The Balaban J connectivity index is 1.64. The number of carbonyl (C=O) groups is 2. The normalized spacial score (nSPS) is 26.7. The number of anilines is 2. The van der Waals surface area contributed by atoms with Gasteiger partial charge >= 0.3 is 6.09 Å². The lowest BCUT2D eigenvalue weighted by Gasteiger charge is -2.37. The predicted molar refractivity (Wildman–Crippen MR) is 149 cm³/mol. The van der Waals surface area contributed by atoms with Crippen molar-refractivity contribution >= 4 is 36.6 Å². The summed E-state index contributed by atoms with van der Waals surface area (Å²) >= 11 is 0. The van der Waals surface area contributed by atoms with Crippen LogP contribution in [0.25, 0.3) is 0 Å². The van der Waals surface area contributed by atoms with Crippen molar-refractivity contribution in [1.29, 1.82) is 0 Å². The molecule has 0 radical (unpaired) electrons. The summed E-state index contributed by atoms with van der Waals surface area (Å²) in [6.45, 7) is 11.7. The van der Waals surface area contributed by atoms with Gasteiger partial charge in [-0.25, -0.2) is 4.79 Å². The van der Waals surface area contributed by atoms with E-state index in [9.17, 15) is 14.7 Å². The number of methoxy groups -OCH3 is 1. The molecule has 0 aromatic heterocycles. The third kappa shape index (κ3) is 3.87. The Kier molecular flexibility index (Phi) is 6.87. The molecule has 1 N–H and O–H groups in total. The zero-order valence-corrected chi connectivity index (χ0v) is 23.5. The third-order valence-electron chi connectivity index (χ3n) is 8.62. The maximum Gasteiger partial charge on any atom is 0.414 e. The quantitative estimate of drug-likeness (QED) is 0.408. The predicted octanol–water partition coefficient (Wildman–Crippen LogP) is 3.78.